The summed E-state index contributed by atoms with van der Waals surface area (Å²) >= 11 is 0. The minimum absolute atomic E-state index is 0.438. The highest BCUT2D eigenvalue weighted by atomic mass is 16.5. The minimum atomic E-state index is 0.438. The molecule has 4 rings (SSSR count). The molecule has 0 saturated carbocycles. The van der Waals surface area contributed by atoms with Gasteiger partial charge in [-0.05, 0) is 26.7 Å². The summed E-state index contributed by atoms with van der Waals surface area (Å²) in [6, 6.07) is 0. The van der Waals surface area contributed by atoms with Crippen LogP contribution in [-0.4, -0.2) is 69.9 Å². The van der Waals surface area contributed by atoms with Gasteiger partial charge in [0.05, 0.1) is 6.10 Å². The third-order valence-electron chi connectivity index (χ3n) is 5.03. The second-order valence-corrected chi connectivity index (χ2v) is 6.54. The van der Waals surface area contributed by atoms with Crippen molar-refractivity contribution in [1.29, 1.82) is 0 Å². The fourth-order valence-electron chi connectivity index (χ4n) is 3.61. The lowest BCUT2D eigenvalue weighted by molar-refractivity contribution is 0.0712. The molecule has 2 saturated heterocycles. The van der Waals surface area contributed by atoms with Crippen LogP contribution >= 0.6 is 0 Å². The molecule has 0 unspecified atom stereocenters. The molecule has 2 fully saturated rings. The molecule has 2 aromatic heterocycles. The number of fused-ring (bicyclic) bond motifs is 1. The van der Waals surface area contributed by atoms with Crippen LogP contribution in [0, 0.1) is 13.8 Å². The molecule has 2 aliphatic heterocycles. The fourth-order valence-corrected chi connectivity index (χ4v) is 3.61. The maximum atomic E-state index is 5.76. The Labute approximate surface area is 136 Å². The normalized spacial score (nSPS) is 23.0. The van der Waals surface area contributed by atoms with E-state index >= 15 is 0 Å². The van der Waals surface area contributed by atoms with E-state index in [-0.39, 0.29) is 0 Å². The standard InChI is InChI=1S/C16H24N6O/c1-12-13(2)19-16-17-11-18-22(16)15(12)21-7-5-20(6-8-21)10-14-4-3-9-23-14/h11,14H,3-10H2,1-2H3/t14-/m0/s1. The van der Waals surface area contributed by atoms with Crippen molar-refractivity contribution in [2.24, 2.45) is 0 Å². The van der Waals surface area contributed by atoms with Gasteiger partial charge in [0.1, 0.15) is 12.1 Å². The lowest BCUT2D eigenvalue weighted by Crippen LogP contribution is -2.49. The third-order valence-corrected chi connectivity index (χ3v) is 5.03. The number of aryl methyl sites for hydroxylation is 1. The largest absolute Gasteiger partial charge is 0.377 e. The van der Waals surface area contributed by atoms with Gasteiger partial charge in [-0.25, -0.2) is 4.98 Å². The van der Waals surface area contributed by atoms with Crippen LogP contribution in [0.2, 0.25) is 0 Å². The predicted molar refractivity (Wildman–Crippen MR) is 87.9 cm³/mol. The van der Waals surface area contributed by atoms with Gasteiger partial charge in [0, 0.05) is 50.6 Å². The Hall–Kier alpha value is -1.73. The van der Waals surface area contributed by atoms with Crippen LogP contribution in [0.3, 0.4) is 0 Å². The van der Waals surface area contributed by atoms with Crippen LogP contribution in [0.5, 0.6) is 0 Å². The van der Waals surface area contributed by atoms with Crippen molar-refractivity contribution in [3.63, 3.8) is 0 Å². The van der Waals surface area contributed by atoms with Gasteiger partial charge in [-0.1, -0.05) is 0 Å². The Morgan fingerprint density at radius 3 is 2.78 bits per heavy atom. The van der Waals surface area contributed by atoms with Gasteiger partial charge >= 0.3 is 0 Å². The van der Waals surface area contributed by atoms with E-state index in [0.717, 1.165) is 50.8 Å². The zero-order chi connectivity index (χ0) is 15.8. The quantitative estimate of drug-likeness (QED) is 0.843. The summed E-state index contributed by atoms with van der Waals surface area (Å²) in [6.45, 7) is 10.3. The minimum Gasteiger partial charge on any atom is -0.377 e. The summed E-state index contributed by atoms with van der Waals surface area (Å²) in [6.07, 6.45) is 4.44. The van der Waals surface area contributed by atoms with Crippen molar-refractivity contribution in [1.82, 2.24) is 24.5 Å². The van der Waals surface area contributed by atoms with E-state index in [9.17, 15) is 0 Å². The van der Waals surface area contributed by atoms with E-state index in [1.165, 1.54) is 18.4 Å². The van der Waals surface area contributed by atoms with Crippen molar-refractivity contribution in [3.8, 4) is 0 Å². The van der Waals surface area contributed by atoms with Crippen LogP contribution in [-0.2, 0) is 4.74 Å². The number of anilines is 1. The van der Waals surface area contributed by atoms with Crippen molar-refractivity contribution in [3.05, 3.63) is 17.6 Å². The number of nitrogens with zero attached hydrogens (tertiary/aromatic N) is 6. The summed E-state index contributed by atoms with van der Waals surface area (Å²) < 4.78 is 7.64. The van der Waals surface area contributed by atoms with Gasteiger partial charge < -0.3 is 9.64 Å². The number of hydrogen-bond acceptors (Lipinski definition) is 6. The topological polar surface area (TPSA) is 58.8 Å². The molecule has 7 heteroatoms. The lowest BCUT2D eigenvalue weighted by atomic mass is 10.2. The highest BCUT2D eigenvalue weighted by Crippen LogP contribution is 2.24. The molecule has 0 N–H and O–H groups in total. The monoisotopic (exact) mass is 316 g/mol. The highest BCUT2D eigenvalue weighted by Gasteiger charge is 2.25. The molecule has 0 aliphatic carbocycles. The second kappa shape index (κ2) is 6.05. The molecule has 124 valence electrons. The highest BCUT2D eigenvalue weighted by molar-refractivity contribution is 5.54. The molecular formula is C16H24N6O. The summed E-state index contributed by atoms with van der Waals surface area (Å²) in [5.74, 6) is 1.83. The van der Waals surface area contributed by atoms with Crippen molar-refractivity contribution in [2.75, 3.05) is 44.2 Å². The van der Waals surface area contributed by atoms with Gasteiger partial charge in [-0.3, -0.25) is 4.90 Å². The van der Waals surface area contributed by atoms with E-state index in [4.69, 9.17) is 4.74 Å². The fraction of sp³-hybridized carbons (Fsp3) is 0.688. The second-order valence-electron chi connectivity index (χ2n) is 6.54. The van der Waals surface area contributed by atoms with Gasteiger partial charge in [0.15, 0.2) is 0 Å². The van der Waals surface area contributed by atoms with Crippen molar-refractivity contribution < 1.29 is 4.74 Å². The molecule has 23 heavy (non-hydrogen) atoms. The number of rotatable bonds is 3. The first-order valence-corrected chi connectivity index (χ1v) is 8.48. The molecule has 0 radical (unpaired) electrons. The maximum Gasteiger partial charge on any atom is 0.254 e. The summed E-state index contributed by atoms with van der Waals surface area (Å²) in [5, 5.41) is 4.37. The molecule has 0 aromatic carbocycles. The summed E-state index contributed by atoms with van der Waals surface area (Å²) in [7, 11) is 0. The van der Waals surface area contributed by atoms with Crippen LogP contribution in [0.15, 0.2) is 6.33 Å². The van der Waals surface area contributed by atoms with Crippen LogP contribution in [0.25, 0.3) is 5.78 Å². The molecule has 7 nitrogen and oxygen atoms in total. The molecular weight excluding hydrogens is 292 g/mol. The average molecular weight is 316 g/mol. The molecule has 4 heterocycles. The molecule has 0 amide bonds. The molecule has 0 spiro atoms. The van der Waals surface area contributed by atoms with Crippen LogP contribution < -0.4 is 4.90 Å². The predicted octanol–water partition coefficient (Wildman–Crippen LogP) is 1.04. The van der Waals surface area contributed by atoms with E-state index < -0.39 is 0 Å². The molecule has 2 aromatic rings. The Kier molecular flexibility index (Phi) is 3.90. The van der Waals surface area contributed by atoms with Crippen LogP contribution in [0.4, 0.5) is 5.82 Å². The van der Waals surface area contributed by atoms with Crippen LogP contribution in [0.1, 0.15) is 24.1 Å². The number of ether oxygens (including phenoxy) is 1. The van der Waals surface area contributed by atoms with Gasteiger partial charge in [-0.2, -0.15) is 14.6 Å². The van der Waals surface area contributed by atoms with E-state index in [1.54, 1.807) is 6.33 Å². The zero-order valence-electron chi connectivity index (χ0n) is 13.9. The van der Waals surface area contributed by atoms with E-state index in [0.29, 0.717) is 11.9 Å². The van der Waals surface area contributed by atoms with Crippen molar-refractivity contribution in [2.45, 2.75) is 32.8 Å². The first-order chi connectivity index (χ1) is 11.2. The molecule has 2 aliphatic rings. The van der Waals surface area contributed by atoms with Crippen molar-refractivity contribution >= 4 is 11.6 Å². The third kappa shape index (κ3) is 2.79. The Balaban J connectivity index is 1.50. The SMILES string of the molecule is Cc1nc2ncnn2c(N2CCN(C[C@@H]3CCCO3)CC2)c1C. The lowest BCUT2D eigenvalue weighted by Gasteiger charge is -2.37. The van der Waals surface area contributed by atoms with Gasteiger partial charge in [-0.15, -0.1) is 0 Å². The zero-order valence-corrected chi connectivity index (χ0v) is 13.9. The van der Waals surface area contributed by atoms with E-state index in [2.05, 4.69) is 31.8 Å². The van der Waals surface area contributed by atoms with Gasteiger partial charge in [0.25, 0.3) is 5.78 Å². The number of hydrogen-bond donors (Lipinski definition) is 0. The Morgan fingerprint density at radius 2 is 2.04 bits per heavy atom. The maximum absolute atomic E-state index is 5.76. The Morgan fingerprint density at radius 1 is 1.22 bits per heavy atom. The first-order valence-electron chi connectivity index (χ1n) is 8.48. The number of aromatic nitrogens is 4. The first kappa shape index (κ1) is 14.8. The average Bonchev–Trinajstić information content (AvgIpc) is 3.21. The smallest absolute Gasteiger partial charge is 0.254 e. The molecule has 0 bridgehead atoms. The van der Waals surface area contributed by atoms with Gasteiger partial charge in [0.2, 0.25) is 0 Å². The summed E-state index contributed by atoms with van der Waals surface area (Å²) in [4.78, 5) is 13.7. The van der Waals surface area contributed by atoms with E-state index in [1.807, 2.05) is 11.4 Å². The Bertz CT molecular complexity index is 685. The summed E-state index contributed by atoms with van der Waals surface area (Å²) in [5.41, 5.74) is 2.22. The molecule has 1 atom stereocenters. The number of piperazine rings is 1.